The van der Waals surface area contributed by atoms with Gasteiger partial charge in [-0.2, -0.15) is 0 Å². The molecule has 1 N–H and O–H groups in total. The van der Waals surface area contributed by atoms with E-state index in [1.165, 1.54) is 141 Å². The number of carboxylic acid groups (broad SMARTS) is 1. The zero-order chi connectivity index (χ0) is 33.7. The molecular formula is C42H80O4. The lowest BCUT2D eigenvalue weighted by Crippen LogP contribution is -2.39. The highest BCUT2D eigenvalue weighted by molar-refractivity contribution is 5.76. The molecule has 1 fully saturated rings. The Balaban J connectivity index is 2.79. The van der Waals surface area contributed by atoms with Crippen molar-refractivity contribution >= 4 is 11.9 Å². The zero-order valence-electron chi connectivity index (χ0n) is 31.5. The van der Waals surface area contributed by atoms with E-state index in [4.69, 9.17) is 4.74 Å². The van der Waals surface area contributed by atoms with Gasteiger partial charge in [-0.1, -0.05) is 175 Å². The Morgan fingerprint density at radius 3 is 1.35 bits per heavy atom. The van der Waals surface area contributed by atoms with Gasteiger partial charge in [-0.15, -0.1) is 0 Å². The summed E-state index contributed by atoms with van der Waals surface area (Å²) in [6, 6.07) is 0. The average Bonchev–Trinajstić information content (AvgIpc) is 3.04. The molecule has 0 heterocycles. The summed E-state index contributed by atoms with van der Waals surface area (Å²) in [4.78, 5) is 25.5. The van der Waals surface area contributed by atoms with Crippen LogP contribution >= 0.6 is 0 Å². The average molecular weight is 649 g/mol. The summed E-state index contributed by atoms with van der Waals surface area (Å²) in [5.41, 5.74) is -0.368. The second kappa shape index (κ2) is 28.9. The number of hydrogen-bond acceptors (Lipinski definition) is 3. The minimum atomic E-state index is -0.749. The molecule has 0 amide bonds. The molecule has 1 aliphatic rings. The van der Waals surface area contributed by atoms with Gasteiger partial charge >= 0.3 is 11.9 Å². The van der Waals surface area contributed by atoms with Crippen LogP contribution < -0.4 is 0 Å². The maximum Gasteiger partial charge on any atom is 0.309 e. The highest BCUT2D eigenvalue weighted by Crippen LogP contribution is 2.37. The van der Waals surface area contributed by atoms with Gasteiger partial charge in [0, 0.05) is 0 Å². The maximum absolute atomic E-state index is 13.7. The monoisotopic (exact) mass is 649 g/mol. The molecule has 272 valence electrons. The third-order valence-electron chi connectivity index (χ3n) is 10.8. The molecule has 0 aromatic carbocycles. The van der Waals surface area contributed by atoms with E-state index in [2.05, 4.69) is 27.7 Å². The van der Waals surface area contributed by atoms with Crippen molar-refractivity contribution in [1.82, 2.24) is 0 Å². The van der Waals surface area contributed by atoms with Crippen LogP contribution in [0.5, 0.6) is 0 Å². The zero-order valence-corrected chi connectivity index (χ0v) is 31.5. The topological polar surface area (TPSA) is 63.6 Å². The number of carboxylic acids is 1. The van der Waals surface area contributed by atoms with Crippen LogP contribution in [0.4, 0.5) is 0 Å². The summed E-state index contributed by atoms with van der Waals surface area (Å²) in [5.74, 6) is -0.705. The molecule has 0 radical (unpaired) electrons. The van der Waals surface area contributed by atoms with Crippen LogP contribution in [0.2, 0.25) is 0 Å². The molecule has 3 unspecified atom stereocenters. The maximum atomic E-state index is 13.7. The third kappa shape index (κ3) is 22.5. The fourth-order valence-corrected chi connectivity index (χ4v) is 7.68. The van der Waals surface area contributed by atoms with Crippen LogP contribution in [-0.4, -0.2) is 22.6 Å². The van der Waals surface area contributed by atoms with Crippen molar-refractivity contribution in [1.29, 1.82) is 0 Å². The summed E-state index contributed by atoms with van der Waals surface area (Å²) in [6.07, 6.45) is 38.1. The highest BCUT2D eigenvalue weighted by atomic mass is 16.6. The quantitative estimate of drug-likeness (QED) is 0.0582. The lowest BCUT2D eigenvalue weighted by Gasteiger charge is -2.37. The molecule has 3 atom stereocenters. The minimum absolute atomic E-state index is 0.0921. The molecule has 0 saturated heterocycles. The molecule has 0 aliphatic heterocycles. The predicted molar refractivity (Wildman–Crippen MR) is 197 cm³/mol. The number of carbonyl (C=O) groups excluding carboxylic acids is 1. The summed E-state index contributed by atoms with van der Waals surface area (Å²) in [7, 11) is 0. The van der Waals surface area contributed by atoms with Crippen molar-refractivity contribution in [2.45, 2.75) is 239 Å². The van der Waals surface area contributed by atoms with E-state index >= 15 is 0 Å². The second-order valence-electron chi connectivity index (χ2n) is 15.7. The molecule has 0 spiro atoms. The Kier molecular flexibility index (Phi) is 27.0. The van der Waals surface area contributed by atoms with E-state index < -0.39 is 11.9 Å². The van der Waals surface area contributed by atoms with Crippen molar-refractivity contribution in [2.75, 3.05) is 0 Å². The van der Waals surface area contributed by atoms with Crippen LogP contribution in [-0.2, 0) is 14.3 Å². The van der Waals surface area contributed by atoms with E-state index in [0.717, 1.165) is 57.3 Å². The Hall–Kier alpha value is -1.06. The summed E-state index contributed by atoms with van der Waals surface area (Å²) >= 11 is 0. The van der Waals surface area contributed by atoms with Gasteiger partial charge in [-0.25, -0.2) is 0 Å². The summed E-state index contributed by atoms with van der Waals surface area (Å²) < 4.78 is 6.68. The van der Waals surface area contributed by atoms with Crippen molar-refractivity contribution in [2.24, 2.45) is 17.8 Å². The molecule has 46 heavy (non-hydrogen) atoms. The van der Waals surface area contributed by atoms with Crippen molar-refractivity contribution in [3.05, 3.63) is 0 Å². The van der Waals surface area contributed by atoms with Gasteiger partial charge in [0.15, 0.2) is 0 Å². The Morgan fingerprint density at radius 2 is 0.957 bits per heavy atom. The highest BCUT2D eigenvalue weighted by Gasteiger charge is 2.38. The molecule has 0 aromatic rings. The first-order chi connectivity index (χ1) is 22.3. The number of carbonyl (C=O) groups is 2. The normalized spacial score (nSPS) is 18.1. The van der Waals surface area contributed by atoms with Gasteiger partial charge < -0.3 is 9.84 Å². The van der Waals surface area contributed by atoms with Crippen molar-refractivity contribution in [3.63, 3.8) is 0 Å². The van der Waals surface area contributed by atoms with Gasteiger partial charge in [0.05, 0.1) is 11.8 Å². The number of ether oxygens (including phenoxy) is 1. The number of unbranched alkanes of at least 4 members (excludes halogenated alkanes) is 21. The fraction of sp³-hybridized carbons (Fsp3) is 0.952. The molecule has 1 saturated carbocycles. The molecule has 4 heteroatoms. The summed E-state index contributed by atoms with van der Waals surface area (Å²) in [6.45, 7) is 9.18. The Bertz CT molecular complexity index is 718. The largest absolute Gasteiger partial charge is 0.481 e. The van der Waals surface area contributed by atoms with E-state index in [1.807, 2.05) is 0 Å². The molecular weight excluding hydrogens is 568 g/mol. The first-order valence-electron chi connectivity index (χ1n) is 20.8. The SMILES string of the molecule is CCCCCCCCCCCCCC(CCCCCCCCCC)(CCCCCCCC(C)C)OC(=O)C1CCCC(C(=O)O)C1. The number of hydrogen-bond donors (Lipinski definition) is 1. The van der Waals surface area contributed by atoms with Crippen LogP contribution in [0.1, 0.15) is 233 Å². The van der Waals surface area contributed by atoms with E-state index in [1.54, 1.807) is 0 Å². The van der Waals surface area contributed by atoms with E-state index in [-0.39, 0.29) is 17.5 Å². The van der Waals surface area contributed by atoms with Crippen LogP contribution in [0.3, 0.4) is 0 Å². The first-order valence-corrected chi connectivity index (χ1v) is 20.8. The van der Waals surface area contributed by atoms with Gasteiger partial charge in [0.1, 0.15) is 5.60 Å². The smallest absolute Gasteiger partial charge is 0.309 e. The Labute approximate surface area is 287 Å². The predicted octanol–water partition coefficient (Wildman–Crippen LogP) is 13.8. The number of esters is 1. The van der Waals surface area contributed by atoms with E-state index in [9.17, 15) is 14.7 Å². The molecule has 0 aromatic heterocycles. The van der Waals surface area contributed by atoms with E-state index in [0.29, 0.717) is 12.8 Å². The lowest BCUT2D eigenvalue weighted by molar-refractivity contribution is -0.170. The van der Waals surface area contributed by atoms with Crippen LogP contribution in [0.15, 0.2) is 0 Å². The fourth-order valence-electron chi connectivity index (χ4n) is 7.68. The summed E-state index contributed by atoms with van der Waals surface area (Å²) in [5, 5.41) is 9.66. The van der Waals surface area contributed by atoms with Crippen molar-refractivity contribution < 1.29 is 19.4 Å². The molecule has 4 nitrogen and oxygen atoms in total. The molecule has 1 aliphatic carbocycles. The minimum Gasteiger partial charge on any atom is -0.481 e. The van der Waals surface area contributed by atoms with Crippen LogP contribution in [0.25, 0.3) is 0 Å². The third-order valence-corrected chi connectivity index (χ3v) is 10.8. The number of aliphatic carboxylic acids is 1. The first kappa shape index (κ1) is 43.0. The molecule has 1 rings (SSSR count). The number of rotatable bonds is 32. The van der Waals surface area contributed by atoms with Gasteiger partial charge in [0.2, 0.25) is 0 Å². The Morgan fingerprint density at radius 1 is 0.587 bits per heavy atom. The van der Waals surface area contributed by atoms with Gasteiger partial charge in [-0.05, 0) is 63.7 Å². The van der Waals surface area contributed by atoms with Crippen LogP contribution in [0, 0.1) is 17.8 Å². The molecule has 0 bridgehead atoms. The second-order valence-corrected chi connectivity index (χ2v) is 15.7. The van der Waals surface area contributed by atoms with Gasteiger partial charge in [-0.3, -0.25) is 9.59 Å². The lowest BCUT2D eigenvalue weighted by atomic mass is 9.80. The van der Waals surface area contributed by atoms with Crippen molar-refractivity contribution in [3.8, 4) is 0 Å². The van der Waals surface area contributed by atoms with Gasteiger partial charge in [0.25, 0.3) is 0 Å². The standard InChI is InChI=1S/C42H80O4/c1-5-7-9-11-13-15-16-17-19-23-27-34-42(33-26-22-18-14-12-10-8-6-2,35-28-24-20-21-25-30-37(3)4)46-41(45)39-32-29-31-38(36-39)40(43)44/h37-39H,5-36H2,1-4H3,(H,43,44).